The molecule has 0 bridgehead atoms. The second-order valence-electron chi connectivity index (χ2n) is 7.37. The van der Waals surface area contributed by atoms with Crippen molar-refractivity contribution < 1.29 is 27.1 Å². The molecule has 172 valence electrons. The Morgan fingerprint density at radius 3 is 2.38 bits per heavy atom. The van der Waals surface area contributed by atoms with Crippen LogP contribution in [0.1, 0.15) is 36.5 Å². The Morgan fingerprint density at radius 1 is 1.09 bits per heavy atom. The monoisotopic (exact) mass is 463 g/mol. The number of piperidine rings is 1. The van der Waals surface area contributed by atoms with Gasteiger partial charge in [-0.3, -0.25) is 9.69 Å². The van der Waals surface area contributed by atoms with Crippen molar-refractivity contribution in [3.8, 4) is 0 Å². The second-order valence-corrected chi connectivity index (χ2v) is 9.28. The van der Waals surface area contributed by atoms with Crippen molar-refractivity contribution in [2.45, 2.75) is 31.1 Å². The molecule has 10 heteroatoms. The summed E-state index contributed by atoms with van der Waals surface area (Å²) in [6.45, 7) is 2.64. The molecule has 1 N–H and O–H groups in total. The lowest BCUT2D eigenvalue weighted by molar-refractivity contribution is 0.102. The fourth-order valence-electron chi connectivity index (χ4n) is 3.38. The number of rotatable bonds is 6. The van der Waals surface area contributed by atoms with Crippen molar-refractivity contribution >= 4 is 33.4 Å². The molecule has 1 fully saturated rings. The molecule has 2 aromatic carbocycles. The number of halogens is 1. The van der Waals surface area contributed by atoms with E-state index in [1.165, 1.54) is 15.3 Å². The number of amides is 2. The zero-order chi connectivity index (χ0) is 23.3. The van der Waals surface area contributed by atoms with E-state index in [9.17, 15) is 22.4 Å². The van der Waals surface area contributed by atoms with Crippen molar-refractivity contribution in [2.75, 3.05) is 37.0 Å². The Labute approximate surface area is 187 Å². The van der Waals surface area contributed by atoms with Gasteiger partial charge in [0, 0.05) is 37.1 Å². The predicted octanol–water partition coefficient (Wildman–Crippen LogP) is 3.85. The highest BCUT2D eigenvalue weighted by Crippen LogP contribution is 2.25. The van der Waals surface area contributed by atoms with Crippen LogP contribution in [-0.2, 0) is 14.8 Å². The van der Waals surface area contributed by atoms with Crippen molar-refractivity contribution in [3.63, 3.8) is 0 Å². The molecule has 0 unspecified atom stereocenters. The van der Waals surface area contributed by atoms with E-state index in [0.29, 0.717) is 24.5 Å². The van der Waals surface area contributed by atoms with Crippen LogP contribution in [0.15, 0.2) is 47.4 Å². The zero-order valence-electron chi connectivity index (χ0n) is 18.0. The summed E-state index contributed by atoms with van der Waals surface area (Å²) < 4.78 is 46.3. The van der Waals surface area contributed by atoms with E-state index in [4.69, 9.17) is 4.74 Å². The van der Waals surface area contributed by atoms with Gasteiger partial charge in [0.25, 0.3) is 5.91 Å². The summed E-state index contributed by atoms with van der Waals surface area (Å²) in [7, 11) is -2.46. The summed E-state index contributed by atoms with van der Waals surface area (Å²) in [5.74, 6) is -1.47. The summed E-state index contributed by atoms with van der Waals surface area (Å²) in [6.07, 6.45) is 1.88. The molecular formula is C22H26FN3O5S. The third-order valence-corrected chi connectivity index (χ3v) is 7.09. The van der Waals surface area contributed by atoms with Crippen LogP contribution in [0.2, 0.25) is 0 Å². The quantitative estimate of drug-likeness (QED) is 0.702. The van der Waals surface area contributed by atoms with E-state index in [1.54, 1.807) is 38.2 Å². The van der Waals surface area contributed by atoms with E-state index in [1.807, 2.05) is 0 Å². The lowest BCUT2D eigenvalue weighted by atomic mass is 10.2. The predicted molar refractivity (Wildman–Crippen MR) is 119 cm³/mol. The highest BCUT2D eigenvalue weighted by molar-refractivity contribution is 7.89. The molecule has 0 radical (unpaired) electrons. The summed E-state index contributed by atoms with van der Waals surface area (Å²) in [5.41, 5.74) is 1.02. The van der Waals surface area contributed by atoms with E-state index in [0.717, 1.165) is 31.4 Å². The van der Waals surface area contributed by atoms with E-state index in [2.05, 4.69) is 5.32 Å². The number of anilines is 2. The first-order chi connectivity index (χ1) is 15.2. The molecule has 2 aromatic rings. The zero-order valence-corrected chi connectivity index (χ0v) is 18.8. The molecule has 1 aliphatic rings. The first kappa shape index (κ1) is 23.7. The minimum atomic E-state index is -4.02. The lowest BCUT2D eigenvalue weighted by Gasteiger charge is -2.26. The maximum Gasteiger partial charge on any atom is 0.413 e. The van der Waals surface area contributed by atoms with Gasteiger partial charge in [0.2, 0.25) is 10.0 Å². The molecule has 0 aromatic heterocycles. The molecule has 2 amide bonds. The fraction of sp³-hybridized carbons (Fsp3) is 0.364. The molecule has 32 heavy (non-hydrogen) atoms. The molecule has 3 rings (SSSR count). The third kappa shape index (κ3) is 5.25. The summed E-state index contributed by atoms with van der Waals surface area (Å²) >= 11 is 0. The molecule has 1 saturated heterocycles. The number of carbonyl (C=O) groups is 2. The normalized spacial score (nSPS) is 14.6. The lowest BCUT2D eigenvalue weighted by Crippen LogP contribution is -2.36. The maximum atomic E-state index is 14.4. The van der Waals surface area contributed by atoms with Crippen LogP contribution < -0.4 is 10.2 Å². The topological polar surface area (TPSA) is 96.0 Å². The van der Waals surface area contributed by atoms with E-state index < -0.39 is 32.7 Å². The number of nitrogens with one attached hydrogen (secondary N) is 1. The van der Waals surface area contributed by atoms with Crippen LogP contribution in [0.25, 0.3) is 0 Å². The van der Waals surface area contributed by atoms with Gasteiger partial charge >= 0.3 is 6.09 Å². The Kier molecular flexibility index (Phi) is 7.47. The molecule has 0 spiro atoms. The third-order valence-electron chi connectivity index (χ3n) is 5.18. The molecule has 1 heterocycles. The average Bonchev–Trinajstić information content (AvgIpc) is 2.80. The van der Waals surface area contributed by atoms with Crippen LogP contribution in [0.4, 0.5) is 20.6 Å². The smallest absolute Gasteiger partial charge is 0.413 e. The van der Waals surface area contributed by atoms with Gasteiger partial charge in [-0.25, -0.2) is 17.6 Å². The summed E-state index contributed by atoms with van der Waals surface area (Å²) in [6, 6.07) is 9.74. The number of benzene rings is 2. The van der Waals surface area contributed by atoms with Crippen molar-refractivity contribution in [3.05, 3.63) is 53.8 Å². The van der Waals surface area contributed by atoms with Gasteiger partial charge in [-0.05, 0) is 62.2 Å². The molecule has 0 saturated carbocycles. The highest BCUT2D eigenvalue weighted by Gasteiger charge is 2.29. The number of nitrogens with zero attached hydrogens (tertiary/aromatic N) is 2. The van der Waals surface area contributed by atoms with Gasteiger partial charge in [-0.15, -0.1) is 0 Å². The Bertz CT molecular complexity index is 1080. The SMILES string of the molecule is CCOC(=O)N(C)c1ccc(NC(=O)c2ccc(F)c(S(=O)(=O)N3CCCCC3)c2)cc1. The van der Waals surface area contributed by atoms with Gasteiger partial charge in [0.05, 0.1) is 6.61 Å². The Hall–Kier alpha value is -2.98. The van der Waals surface area contributed by atoms with E-state index >= 15 is 0 Å². The highest BCUT2D eigenvalue weighted by atomic mass is 32.2. The summed E-state index contributed by atoms with van der Waals surface area (Å²) in [5, 5.41) is 2.65. The van der Waals surface area contributed by atoms with Crippen LogP contribution in [-0.4, -0.2) is 51.5 Å². The number of carbonyl (C=O) groups excluding carboxylic acids is 2. The van der Waals surface area contributed by atoms with Gasteiger partial charge in [0.15, 0.2) is 0 Å². The first-order valence-corrected chi connectivity index (χ1v) is 11.8. The van der Waals surface area contributed by atoms with Crippen molar-refractivity contribution in [1.29, 1.82) is 0 Å². The fourth-order valence-corrected chi connectivity index (χ4v) is 4.99. The average molecular weight is 464 g/mol. The van der Waals surface area contributed by atoms with Crippen molar-refractivity contribution in [2.24, 2.45) is 0 Å². The number of sulfonamides is 1. The Morgan fingerprint density at radius 2 is 1.75 bits per heavy atom. The van der Waals surface area contributed by atoms with Gasteiger partial charge < -0.3 is 10.1 Å². The van der Waals surface area contributed by atoms with Gasteiger partial charge in [-0.1, -0.05) is 6.42 Å². The largest absolute Gasteiger partial charge is 0.449 e. The van der Waals surface area contributed by atoms with Gasteiger partial charge in [0.1, 0.15) is 10.7 Å². The first-order valence-electron chi connectivity index (χ1n) is 10.4. The van der Waals surface area contributed by atoms with Crippen LogP contribution in [0.3, 0.4) is 0 Å². The standard InChI is InChI=1S/C22H26FN3O5S/c1-3-31-22(28)25(2)18-10-8-17(9-11-18)24-21(27)16-7-12-19(23)20(15-16)32(29,30)26-13-5-4-6-14-26/h7-12,15H,3-6,13-14H2,1-2H3,(H,24,27). The van der Waals surface area contributed by atoms with Crippen molar-refractivity contribution in [1.82, 2.24) is 4.31 Å². The Balaban J connectivity index is 1.76. The summed E-state index contributed by atoms with van der Waals surface area (Å²) in [4.78, 5) is 25.3. The second kappa shape index (κ2) is 10.1. The minimum absolute atomic E-state index is 0.0229. The molecule has 0 atom stereocenters. The van der Waals surface area contributed by atoms with Crippen LogP contribution in [0.5, 0.6) is 0 Å². The minimum Gasteiger partial charge on any atom is -0.449 e. The van der Waals surface area contributed by atoms with Crippen LogP contribution in [0, 0.1) is 5.82 Å². The number of hydrogen-bond donors (Lipinski definition) is 1. The molecular weight excluding hydrogens is 437 g/mol. The maximum absolute atomic E-state index is 14.4. The van der Waals surface area contributed by atoms with E-state index in [-0.39, 0.29) is 12.2 Å². The molecule has 0 aliphatic carbocycles. The molecule has 8 nitrogen and oxygen atoms in total. The number of hydrogen-bond acceptors (Lipinski definition) is 5. The molecule has 1 aliphatic heterocycles. The van der Waals surface area contributed by atoms with Crippen LogP contribution >= 0.6 is 0 Å². The number of ether oxygens (including phenoxy) is 1. The van der Waals surface area contributed by atoms with Gasteiger partial charge in [-0.2, -0.15) is 4.31 Å².